The van der Waals surface area contributed by atoms with E-state index in [-0.39, 0.29) is 5.82 Å². The minimum Gasteiger partial charge on any atom is -0.383 e. The number of hydrogen-bond donors (Lipinski definition) is 1. The number of nitrogen functional groups attached to an aromatic ring is 1. The van der Waals surface area contributed by atoms with E-state index in [0.717, 1.165) is 11.1 Å². The summed E-state index contributed by atoms with van der Waals surface area (Å²) in [4.78, 5) is 3.99. The van der Waals surface area contributed by atoms with E-state index in [1.54, 1.807) is 12.3 Å². The lowest BCUT2D eigenvalue weighted by Gasteiger charge is -2.03. The molecular weight excluding hydrogens is 259 g/mol. The molecule has 0 fully saturated rings. The number of nitrogens with two attached hydrogens (primary N) is 1. The molecule has 0 saturated carbocycles. The fraction of sp³-hybridized carbons (Fsp3) is 0. The summed E-state index contributed by atoms with van der Waals surface area (Å²) >= 11 is 3.28. The van der Waals surface area contributed by atoms with Crippen LogP contribution in [0.5, 0.6) is 0 Å². The van der Waals surface area contributed by atoms with Crippen molar-refractivity contribution in [2.45, 2.75) is 0 Å². The molecule has 0 aliphatic rings. The van der Waals surface area contributed by atoms with Gasteiger partial charge in [-0.3, -0.25) is 0 Å². The third kappa shape index (κ3) is 2.15. The fourth-order valence-electron chi connectivity index (χ4n) is 1.27. The maximum atomic E-state index is 13.0. The quantitative estimate of drug-likeness (QED) is 0.861. The Hall–Kier alpha value is -1.42. The number of nitrogens with zero attached hydrogens (tertiary/aromatic N) is 1. The van der Waals surface area contributed by atoms with Crippen LogP contribution in [0.4, 0.5) is 10.2 Å². The van der Waals surface area contributed by atoms with E-state index in [1.807, 2.05) is 12.1 Å². The second kappa shape index (κ2) is 3.98. The van der Waals surface area contributed by atoms with Gasteiger partial charge in [-0.15, -0.1) is 0 Å². The summed E-state index contributed by atoms with van der Waals surface area (Å²) in [6, 6.07) is 8.16. The van der Waals surface area contributed by atoms with Gasteiger partial charge in [0.2, 0.25) is 0 Å². The summed E-state index contributed by atoms with van der Waals surface area (Å²) in [5, 5.41) is 0. The number of rotatable bonds is 1. The van der Waals surface area contributed by atoms with Crippen LogP contribution in [0.3, 0.4) is 0 Å². The van der Waals surface area contributed by atoms with E-state index in [0.29, 0.717) is 10.3 Å². The van der Waals surface area contributed by atoms with Gasteiger partial charge in [-0.2, -0.15) is 0 Å². The number of anilines is 1. The molecule has 2 rings (SSSR count). The lowest BCUT2D eigenvalue weighted by Crippen LogP contribution is -1.91. The molecule has 0 aliphatic heterocycles. The monoisotopic (exact) mass is 266 g/mol. The molecule has 15 heavy (non-hydrogen) atoms. The Morgan fingerprint density at radius 2 is 2.00 bits per heavy atom. The molecule has 0 atom stereocenters. The highest BCUT2D eigenvalue weighted by molar-refractivity contribution is 9.10. The van der Waals surface area contributed by atoms with Crippen LogP contribution in [-0.4, -0.2) is 4.98 Å². The molecule has 0 aliphatic carbocycles. The molecule has 0 bridgehead atoms. The first-order chi connectivity index (χ1) is 7.16. The van der Waals surface area contributed by atoms with Crippen molar-refractivity contribution in [3.05, 3.63) is 46.8 Å². The van der Waals surface area contributed by atoms with Crippen LogP contribution < -0.4 is 5.73 Å². The first-order valence-electron chi connectivity index (χ1n) is 4.34. The van der Waals surface area contributed by atoms with Gasteiger partial charge >= 0.3 is 0 Å². The molecule has 76 valence electrons. The first kappa shape index (κ1) is 10.1. The van der Waals surface area contributed by atoms with E-state index in [2.05, 4.69) is 20.9 Å². The van der Waals surface area contributed by atoms with Crippen LogP contribution >= 0.6 is 15.9 Å². The molecule has 2 aromatic rings. The summed E-state index contributed by atoms with van der Waals surface area (Å²) in [7, 11) is 0. The molecule has 2 nitrogen and oxygen atoms in total. The van der Waals surface area contributed by atoms with Crippen molar-refractivity contribution in [3.8, 4) is 11.1 Å². The zero-order valence-electron chi connectivity index (χ0n) is 7.74. The molecule has 0 radical (unpaired) electrons. The Labute approximate surface area is 95.1 Å². The van der Waals surface area contributed by atoms with Crippen LogP contribution in [0, 0.1) is 5.82 Å². The summed E-state index contributed by atoms with van der Waals surface area (Å²) < 4.78 is 13.7. The van der Waals surface area contributed by atoms with E-state index in [4.69, 9.17) is 5.73 Å². The topological polar surface area (TPSA) is 38.9 Å². The van der Waals surface area contributed by atoms with Gasteiger partial charge in [0.05, 0.1) is 4.47 Å². The average molecular weight is 267 g/mol. The maximum Gasteiger partial charge on any atom is 0.137 e. The van der Waals surface area contributed by atoms with Crippen molar-refractivity contribution in [1.29, 1.82) is 0 Å². The predicted molar refractivity (Wildman–Crippen MR) is 61.7 cm³/mol. The normalized spacial score (nSPS) is 10.3. The highest BCUT2D eigenvalue weighted by atomic mass is 79.9. The first-order valence-corrected chi connectivity index (χ1v) is 5.13. The predicted octanol–water partition coefficient (Wildman–Crippen LogP) is 3.23. The van der Waals surface area contributed by atoms with Crippen LogP contribution in [0.1, 0.15) is 0 Å². The zero-order chi connectivity index (χ0) is 10.8. The van der Waals surface area contributed by atoms with E-state index in [9.17, 15) is 4.39 Å². The SMILES string of the molecule is Nc1ncc(-c2cccc(F)c2)cc1Br. The van der Waals surface area contributed by atoms with Gasteiger partial charge in [0.15, 0.2) is 0 Å². The number of hydrogen-bond acceptors (Lipinski definition) is 2. The van der Waals surface area contributed by atoms with Crippen molar-refractivity contribution in [1.82, 2.24) is 4.98 Å². The van der Waals surface area contributed by atoms with E-state index < -0.39 is 0 Å². The van der Waals surface area contributed by atoms with Gasteiger partial charge in [-0.1, -0.05) is 12.1 Å². The third-order valence-corrected chi connectivity index (χ3v) is 2.66. The van der Waals surface area contributed by atoms with Gasteiger partial charge in [0, 0.05) is 11.8 Å². The van der Waals surface area contributed by atoms with Crippen LogP contribution in [0.25, 0.3) is 11.1 Å². The minimum absolute atomic E-state index is 0.263. The standard InChI is InChI=1S/C11H8BrFN2/c12-10-5-8(6-15-11(10)14)7-2-1-3-9(13)4-7/h1-6H,(H2,14,15). The second-order valence-electron chi connectivity index (χ2n) is 3.10. The molecule has 0 saturated heterocycles. The highest BCUT2D eigenvalue weighted by Crippen LogP contribution is 2.25. The molecule has 1 aromatic heterocycles. The smallest absolute Gasteiger partial charge is 0.137 e. The minimum atomic E-state index is -0.263. The zero-order valence-corrected chi connectivity index (χ0v) is 9.33. The Morgan fingerprint density at radius 1 is 1.20 bits per heavy atom. The Morgan fingerprint density at radius 3 is 2.67 bits per heavy atom. The van der Waals surface area contributed by atoms with Crippen LogP contribution in [0.2, 0.25) is 0 Å². The van der Waals surface area contributed by atoms with Crippen LogP contribution in [0.15, 0.2) is 41.0 Å². The van der Waals surface area contributed by atoms with Crippen molar-refractivity contribution < 1.29 is 4.39 Å². The largest absolute Gasteiger partial charge is 0.383 e. The summed E-state index contributed by atoms with van der Waals surface area (Å²) in [6.45, 7) is 0. The van der Waals surface area contributed by atoms with Gasteiger partial charge < -0.3 is 5.73 Å². The average Bonchev–Trinajstić information content (AvgIpc) is 2.22. The number of aromatic nitrogens is 1. The van der Waals surface area contributed by atoms with Gasteiger partial charge in [0.25, 0.3) is 0 Å². The van der Waals surface area contributed by atoms with E-state index >= 15 is 0 Å². The summed E-state index contributed by atoms with van der Waals surface area (Å²) in [5.41, 5.74) is 7.17. The number of halogens is 2. The lowest BCUT2D eigenvalue weighted by atomic mass is 10.1. The Balaban J connectivity index is 2.50. The van der Waals surface area contributed by atoms with Crippen molar-refractivity contribution in [2.75, 3.05) is 5.73 Å². The highest BCUT2D eigenvalue weighted by Gasteiger charge is 2.02. The Bertz CT molecular complexity index is 500. The van der Waals surface area contributed by atoms with Gasteiger partial charge in [-0.25, -0.2) is 9.37 Å². The molecule has 1 aromatic carbocycles. The molecule has 4 heteroatoms. The van der Waals surface area contributed by atoms with Gasteiger partial charge in [0.1, 0.15) is 11.6 Å². The van der Waals surface area contributed by atoms with E-state index in [1.165, 1.54) is 12.1 Å². The van der Waals surface area contributed by atoms with Crippen molar-refractivity contribution in [3.63, 3.8) is 0 Å². The summed E-state index contributed by atoms with van der Waals surface area (Å²) in [5.74, 6) is 0.163. The van der Waals surface area contributed by atoms with Crippen molar-refractivity contribution in [2.24, 2.45) is 0 Å². The fourth-order valence-corrected chi connectivity index (χ4v) is 1.62. The third-order valence-electron chi connectivity index (χ3n) is 2.03. The second-order valence-corrected chi connectivity index (χ2v) is 3.96. The molecule has 0 spiro atoms. The molecular formula is C11H8BrFN2. The molecule has 1 heterocycles. The molecule has 0 amide bonds. The molecule has 0 unspecified atom stereocenters. The lowest BCUT2D eigenvalue weighted by molar-refractivity contribution is 0.628. The van der Waals surface area contributed by atoms with Gasteiger partial charge in [-0.05, 0) is 39.7 Å². The maximum absolute atomic E-state index is 13.0. The van der Waals surface area contributed by atoms with Crippen LogP contribution in [-0.2, 0) is 0 Å². The Kier molecular flexibility index (Phi) is 2.68. The number of benzene rings is 1. The summed E-state index contributed by atoms with van der Waals surface area (Å²) in [6.07, 6.45) is 1.62. The van der Waals surface area contributed by atoms with Crippen molar-refractivity contribution >= 4 is 21.7 Å². The molecule has 2 N–H and O–H groups in total. The number of pyridine rings is 1.